The van der Waals surface area contributed by atoms with Gasteiger partial charge in [0.05, 0.1) is 5.56 Å². The minimum absolute atomic E-state index is 0.00320. The number of Topliss-reactive ketones (excluding diaryl/α,β-unsaturated/α-hetero) is 1. The van der Waals surface area contributed by atoms with Crippen LogP contribution in [0.4, 0.5) is 0 Å². The molecular formula is C19H16O3. The number of aryl methyl sites for hydroxylation is 2. The first-order chi connectivity index (χ1) is 10.5. The summed E-state index contributed by atoms with van der Waals surface area (Å²) in [6, 6.07) is 11.0. The van der Waals surface area contributed by atoms with E-state index in [0.717, 1.165) is 22.3 Å². The van der Waals surface area contributed by atoms with Crippen LogP contribution in [0.15, 0.2) is 42.0 Å². The first kappa shape index (κ1) is 14.3. The van der Waals surface area contributed by atoms with Gasteiger partial charge >= 0.3 is 5.97 Å². The summed E-state index contributed by atoms with van der Waals surface area (Å²) in [6.45, 7) is 3.86. The maximum Gasteiger partial charge on any atom is 0.336 e. The van der Waals surface area contributed by atoms with Crippen LogP contribution in [0.3, 0.4) is 0 Å². The topological polar surface area (TPSA) is 54.4 Å². The largest absolute Gasteiger partial charge is 0.478 e. The molecule has 0 aliphatic heterocycles. The van der Waals surface area contributed by atoms with Crippen molar-refractivity contribution in [3.8, 4) is 0 Å². The molecule has 2 aromatic rings. The van der Waals surface area contributed by atoms with Crippen molar-refractivity contribution in [2.24, 2.45) is 0 Å². The molecule has 3 heteroatoms. The minimum Gasteiger partial charge on any atom is -0.478 e. The molecule has 0 radical (unpaired) electrons. The van der Waals surface area contributed by atoms with Crippen LogP contribution in [-0.4, -0.2) is 16.9 Å². The molecule has 0 amide bonds. The molecule has 3 rings (SSSR count). The first-order valence-electron chi connectivity index (χ1n) is 7.14. The number of carboxylic acid groups (broad SMARTS) is 1. The molecule has 2 aromatic carbocycles. The van der Waals surface area contributed by atoms with Crippen molar-refractivity contribution in [2.45, 2.75) is 20.3 Å². The molecule has 0 fully saturated rings. The molecular weight excluding hydrogens is 276 g/mol. The number of allylic oxidation sites excluding steroid dienone is 1. The average molecular weight is 292 g/mol. The summed E-state index contributed by atoms with van der Waals surface area (Å²) in [4.78, 5) is 23.8. The highest BCUT2D eigenvalue weighted by Gasteiger charge is 2.25. The van der Waals surface area contributed by atoms with Crippen molar-refractivity contribution in [2.75, 3.05) is 0 Å². The van der Waals surface area contributed by atoms with Gasteiger partial charge in [0.25, 0.3) is 0 Å². The zero-order chi connectivity index (χ0) is 15.9. The molecule has 1 aliphatic carbocycles. The SMILES string of the molecule is Cc1ccc(C(=O)O)c(/C=C2\Cc3ccc(C)cc3C2=O)c1. The summed E-state index contributed by atoms with van der Waals surface area (Å²) < 4.78 is 0. The third-order valence-corrected chi connectivity index (χ3v) is 3.95. The zero-order valence-corrected chi connectivity index (χ0v) is 12.5. The molecule has 0 bridgehead atoms. The van der Waals surface area contributed by atoms with Crippen LogP contribution in [0.5, 0.6) is 0 Å². The molecule has 1 N–H and O–H groups in total. The van der Waals surface area contributed by atoms with E-state index in [9.17, 15) is 14.7 Å². The van der Waals surface area contributed by atoms with E-state index in [1.165, 1.54) is 0 Å². The Morgan fingerprint density at radius 2 is 1.77 bits per heavy atom. The third kappa shape index (κ3) is 2.46. The second-order valence-electron chi connectivity index (χ2n) is 5.73. The quantitative estimate of drug-likeness (QED) is 0.856. The van der Waals surface area contributed by atoms with Gasteiger partial charge in [-0.2, -0.15) is 0 Å². The Morgan fingerprint density at radius 1 is 1.09 bits per heavy atom. The molecule has 0 atom stereocenters. The summed E-state index contributed by atoms with van der Waals surface area (Å²) in [7, 11) is 0. The van der Waals surface area contributed by atoms with Gasteiger partial charge in [0.2, 0.25) is 0 Å². The van der Waals surface area contributed by atoms with Gasteiger partial charge in [-0.1, -0.05) is 35.4 Å². The Hall–Kier alpha value is -2.68. The van der Waals surface area contributed by atoms with Gasteiger partial charge in [0.1, 0.15) is 0 Å². The van der Waals surface area contributed by atoms with Crippen LogP contribution in [0.25, 0.3) is 6.08 Å². The zero-order valence-electron chi connectivity index (χ0n) is 12.5. The molecule has 0 heterocycles. The Balaban J connectivity index is 2.07. The van der Waals surface area contributed by atoms with Crippen molar-refractivity contribution in [1.29, 1.82) is 0 Å². The molecule has 1 aliphatic rings. The lowest BCUT2D eigenvalue weighted by molar-refractivity contribution is 0.0696. The van der Waals surface area contributed by atoms with Crippen LogP contribution in [0.2, 0.25) is 0 Å². The number of fused-ring (bicyclic) bond motifs is 1. The molecule has 110 valence electrons. The molecule has 0 saturated heterocycles. The first-order valence-corrected chi connectivity index (χ1v) is 7.14. The van der Waals surface area contributed by atoms with Gasteiger partial charge in [-0.15, -0.1) is 0 Å². The Morgan fingerprint density at radius 3 is 2.50 bits per heavy atom. The molecule has 0 unspecified atom stereocenters. The van der Waals surface area contributed by atoms with Gasteiger partial charge in [0.15, 0.2) is 5.78 Å². The van der Waals surface area contributed by atoms with E-state index in [4.69, 9.17) is 0 Å². The van der Waals surface area contributed by atoms with Gasteiger partial charge in [0, 0.05) is 17.6 Å². The second-order valence-corrected chi connectivity index (χ2v) is 5.73. The van der Waals surface area contributed by atoms with E-state index in [1.807, 2.05) is 32.0 Å². The number of benzene rings is 2. The fourth-order valence-corrected chi connectivity index (χ4v) is 2.81. The van der Waals surface area contributed by atoms with Gasteiger partial charge in [-0.25, -0.2) is 4.79 Å². The monoisotopic (exact) mass is 292 g/mol. The highest BCUT2D eigenvalue weighted by atomic mass is 16.4. The lowest BCUT2D eigenvalue weighted by Crippen LogP contribution is -2.02. The van der Waals surface area contributed by atoms with Crippen LogP contribution in [0, 0.1) is 13.8 Å². The number of hydrogen-bond donors (Lipinski definition) is 1. The van der Waals surface area contributed by atoms with E-state index < -0.39 is 5.97 Å². The molecule has 22 heavy (non-hydrogen) atoms. The lowest BCUT2D eigenvalue weighted by Gasteiger charge is -2.04. The van der Waals surface area contributed by atoms with Gasteiger partial charge in [-0.3, -0.25) is 4.79 Å². The number of carbonyl (C=O) groups is 2. The van der Waals surface area contributed by atoms with Crippen molar-refractivity contribution in [1.82, 2.24) is 0 Å². The summed E-state index contributed by atoms with van der Waals surface area (Å²) in [6.07, 6.45) is 2.27. The van der Waals surface area contributed by atoms with Gasteiger partial charge < -0.3 is 5.11 Å². The van der Waals surface area contributed by atoms with Crippen molar-refractivity contribution in [3.63, 3.8) is 0 Å². The van der Waals surface area contributed by atoms with Crippen LogP contribution < -0.4 is 0 Å². The summed E-state index contributed by atoms with van der Waals surface area (Å²) in [5.74, 6) is -0.984. The normalized spacial score (nSPS) is 15.2. The van der Waals surface area contributed by atoms with Crippen LogP contribution in [-0.2, 0) is 6.42 Å². The Kier molecular flexibility index (Phi) is 3.41. The highest BCUT2D eigenvalue weighted by molar-refractivity contribution is 6.16. The average Bonchev–Trinajstić information content (AvgIpc) is 2.75. The molecule has 0 saturated carbocycles. The van der Waals surface area contributed by atoms with Crippen molar-refractivity contribution >= 4 is 17.8 Å². The standard InChI is InChI=1S/C19H16O3/c1-11-4-6-16(19(21)22)14(7-11)10-15-9-13-5-3-12(2)8-17(13)18(15)20/h3-8,10H,9H2,1-2H3,(H,21,22)/b15-10+. The number of ketones is 1. The van der Waals surface area contributed by atoms with Crippen LogP contribution >= 0.6 is 0 Å². The third-order valence-electron chi connectivity index (χ3n) is 3.95. The van der Waals surface area contributed by atoms with E-state index in [0.29, 0.717) is 17.6 Å². The fourth-order valence-electron chi connectivity index (χ4n) is 2.81. The lowest BCUT2D eigenvalue weighted by atomic mass is 10.0. The highest BCUT2D eigenvalue weighted by Crippen LogP contribution is 2.29. The Labute approximate surface area is 128 Å². The number of carboxylic acids is 1. The molecule has 0 spiro atoms. The molecule has 0 aromatic heterocycles. The smallest absolute Gasteiger partial charge is 0.336 e. The van der Waals surface area contributed by atoms with E-state index in [2.05, 4.69) is 0 Å². The van der Waals surface area contributed by atoms with Crippen molar-refractivity contribution < 1.29 is 14.7 Å². The number of hydrogen-bond acceptors (Lipinski definition) is 2. The minimum atomic E-state index is -0.981. The maximum absolute atomic E-state index is 12.5. The molecule has 3 nitrogen and oxygen atoms in total. The fraction of sp³-hybridized carbons (Fsp3) is 0.158. The summed E-state index contributed by atoms with van der Waals surface area (Å²) >= 11 is 0. The van der Waals surface area contributed by atoms with Crippen LogP contribution in [0.1, 0.15) is 43.0 Å². The van der Waals surface area contributed by atoms with E-state index in [1.54, 1.807) is 24.3 Å². The van der Waals surface area contributed by atoms with Gasteiger partial charge in [-0.05, 0) is 43.2 Å². The predicted octanol–water partition coefficient (Wildman–Crippen LogP) is 3.82. The van der Waals surface area contributed by atoms with Crippen molar-refractivity contribution in [3.05, 3.63) is 75.4 Å². The summed E-state index contributed by atoms with van der Waals surface area (Å²) in [5.41, 5.74) is 5.21. The predicted molar refractivity (Wildman–Crippen MR) is 85.3 cm³/mol. The number of aromatic carboxylic acids is 1. The number of carbonyl (C=O) groups excluding carboxylic acids is 1. The maximum atomic E-state index is 12.5. The van der Waals surface area contributed by atoms with E-state index >= 15 is 0 Å². The number of rotatable bonds is 2. The van der Waals surface area contributed by atoms with E-state index in [-0.39, 0.29) is 11.3 Å². The second kappa shape index (κ2) is 5.26. The Bertz CT molecular complexity index is 829. The summed E-state index contributed by atoms with van der Waals surface area (Å²) in [5, 5.41) is 9.29.